The number of amides is 1. The molecule has 1 rings (SSSR count). The van der Waals surface area contributed by atoms with Gasteiger partial charge in [-0.2, -0.15) is 0 Å². The normalized spacial score (nSPS) is 12.2. The molecule has 0 N–H and O–H groups in total. The van der Waals surface area contributed by atoms with Crippen LogP contribution in [0.25, 0.3) is 5.57 Å². The van der Waals surface area contributed by atoms with Crippen LogP contribution in [-0.2, 0) is 0 Å². The van der Waals surface area contributed by atoms with Gasteiger partial charge in [-0.3, -0.25) is 4.79 Å². The van der Waals surface area contributed by atoms with E-state index in [0.29, 0.717) is 5.56 Å². The summed E-state index contributed by atoms with van der Waals surface area (Å²) in [5, 5.41) is 0. The van der Waals surface area contributed by atoms with E-state index >= 15 is 0 Å². The van der Waals surface area contributed by atoms with Crippen molar-refractivity contribution in [3.05, 3.63) is 65.3 Å². The summed E-state index contributed by atoms with van der Waals surface area (Å²) in [4.78, 5) is 13.6. The van der Waals surface area contributed by atoms with Crippen molar-refractivity contribution in [2.45, 2.75) is 20.8 Å². The number of carbonyl (C=O) groups is 1. The summed E-state index contributed by atoms with van der Waals surface area (Å²) in [5.41, 5.74) is 4.94. The first-order chi connectivity index (χ1) is 9.36. The minimum Gasteiger partial charge on any atom is -0.345 e. The Morgan fingerprint density at radius 3 is 2.30 bits per heavy atom. The van der Waals surface area contributed by atoms with Crippen LogP contribution in [0.15, 0.2) is 54.1 Å². The molecule has 0 aromatic heterocycles. The highest BCUT2D eigenvalue weighted by Gasteiger charge is 2.10. The summed E-state index contributed by atoms with van der Waals surface area (Å²) >= 11 is 0. The summed E-state index contributed by atoms with van der Waals surface area (Å²) in [6, 6.07) is 7.68. The summed E-state index contributed by atoms with van der Waals surface area (Å²) < 4.78 is 0. The summed E-state index contributed by atoms with van der Waals surface area (Å²) in [6.07, 6.45) is 4.15. The van der Waals surface area contributed by atoms with Crippen LogP contribution in [0.4, 0.5) is 0 Å². The van der Waals surface area contributed by atoms with Crippen molar-refractivity contribution in [1.29, 1.82) is 0 Å². The lowest BCUT2D eigenvalue weighted by molar-refractivity contribution is 0.0827. The van der Waals surface area contributed by atoms with Crippen molar-refractivity contribution in [3.63, 3.8) is 0 Å². The summed E-state index contributed by atoms with van der Waals surface area (Å²) in [6.45, 7) is 10.1. The zero-order valence-corrected chi connectivity index (χ0v) is 13.0. The van der Waals surface area contributed by atoms with Crippen LogP contribution >= 0.6 is 0 Å². The van der Waals surface area contributed by atoms with E-state index < -0.39 is 0 Å². The molecule has 0 radical (unpaired) electrons. The molecule has 0 bridgehead atoms. The van der Waals surface area contributed by atoms with Gasteiger partial charge in [0.25, 0.3) is 5.91 Å². The second kappa shape index (κ2) is 6.90. The smallest absolute Gasteiger partial charge is 0.253 e. The minimum atomic E-state index is 0.00988. The molecule has 1 aromatic rings. The Balaban J connectivity index is 3.30. The van der Waals surface area contributed by atoms with Crippen LogP contribution in [0.2, 0.25) is 0 Å². The molecule has 0 aliphatic carbocycles. The lowest BCUT2D eigenvalue weighted by Crippen LogP contribution is -2.21. The average molecular weight is 269 g/mol. The van der Waals surface area contributed by atoms with E-state index in [2.05, 4.69) is 25.7 Å². The zero-order chi connectivity index (χ0) is 15.3. The largest absolute Gasteiger partial charge is 0.345 e. The Morgan fingerprint density at radius 1 is 1.20 bits per heavy atom. The van der Waals surface area contributed by atoms with Gasteiger partial charge < -0.3 is 4.90 Å². The SMILES string of the molecule is C=C(C)/C(=C\C(C)=C/C)c1cccc(C(=O)N(C)C)c1. The maximum atomic E-state index is 12.0. The number of carbonyl (C=O) groups excluding carboxylic acids is 1. The lowest BCUT2D eigenvalue weighted by atomic mass is 9.96. The predicted molar refractivity (Wildman–Crippen MR) is 86.7 cm³/mol. The molecular formula is C18H23NO. The second-order valence-electron chi connectivity index (χ2n) is 5.15. The van der Waals surface area contributed by atoms with Gasteiger partial charge in [-0.05, 0) is 44.0 Å². The van der Waals surface area contributed by atoms with E-state index in [1.54, 1.807) is 19.0 Å². The summed E-state index contributed by atoms with van der Waals surface area (Å²) in [7, 11) is 3.52. The quantitative estimate of drug-likeness (QED) is 0.746. The highest BCUT2D eigenvalue weighted by molar-refractivity contribution is 5.95. The fourth-order valence-corrected chi connectivity index (χ4v) is 1.84. The Bertz CT molecular complexity index is 577. The van der Waals surface area contributed by atoms with Crippen molar-refractivity contribution in [3.8, 4) is 0 Å². The Labute approximate surface area is 122 Å². The first-order valence-electron chi connectivity index (χ1n) is 6.69. The highest BCUT2D eigenvalue weighted by atomic mass is 16.2. The van der Waals surface area contributed by atoms with Gasteiger partial charge in [0.15, 0.2) is 0 Å². The lowest BCUT2D eigenvalue weighted by Gasteiger charge is -2.13. The molecule has 0 saturated carbocycles. The van der Waals surface area contributed by atoms with E-state index in [9.17, 15) is 4.79 Å². The van der Waals surface area contributed by atoms with E-state index in [1.807, 2.05) is 38.1 Å². The number of hydrogen-bond acceptors (Lipinski definition) is 1. The van der Waals surface area contributed by atoms with Gasteiger partial charge in [0, 0.05) is 19.7 Å². The van der Waals surface area contributed by atoms with Gasteiger partial charge in [0.2, 0.25) is 0 Å². The summed E-state index contributed by atoms with van der Waals surface area (Å²) in [5.74, 6) is 0.00988. The van der Waals surface area contributed by atoms with Crippen LogP contribution in [-0.4, -0.2) is 24.9 Å². The molecule has 0 aliphatic rings. The maximum absolute atomic E-state index is 12.0. The fraction of sp³-hybridized carbons (Fsp3) is 0.278. The molecular weight excluding hydrogens is 246 g/mol. The van der Waals surface area contributed by atoms with Crippen molar-refractivity contribution in [2.75, 3.05) is 14.1 Å². The van der Waals surface area contributed by atoms with Crippen LogP contribution in [0.3, 0.4) is 0 Å². The Hall–Kier alpha value is -2.09. The minimum absolute atomic E-state index is 0.00988. The molecule has 106 valence electrons. The molecule has 0 atom stereocenters. The van der Waals surface area contributed by atoms with Crippen LogP contribution in [0, 0.1) is 0 Å². The highest BCUT2D eigenvalue weighted by Crippen LogP contribution is 2.24. The molecule has 1 amide bonds. The van der Waals surface area contributed by atoms with Gasteiger partial charge in [-0.1, -0.05) is 42.0 Å². The Kier molecular flexibility index (Phi) is 5.51. The molecule has 0 spiro atoms. The monoisotopic (exact) mass is 269 g/mol. The van der Waals surface area contributed by atoms with Gasteiger partial charge in [0.1, 0.15) is 0 Å². The molecule has 2 heteroatoms. The number of allylic oxidation sites excluding steroid dienone is 5. The second-order valence-corrected chi connectivity index (χ2v) is 5.15. The number of rotatable bonds is 4. The number of benzene rings is 1. The third-order valence-corrected chi connectivity index (χ3v) is 3.11. The Morgan fingerprint density at radius 2 is 1.80 bits per heavy atom. The van der Waals surface area contributed by atoms with Gasteiger partial charge in [-0.15, -0.1) is 0 Å². The molecule has 0 heterocycles. The standard InChI is InChI=1S/C18H23NO/c1-7-14(4)11-17(13(2)3)15-9-8-10-16(12-15)18(20)19(5)6/h7-12H,2H2,1,3-6H3/b14-7-,17-11+. The van der Waals surface area contributed by atoms with Crippen LogP contribution < -0.4 is 0 Å². The van der Waals surface area contributed by atoms with Crippen LogP contribution in [0.5, 0.6) is 0 Å². The van der Waals surface area contributed by atoms with E-state index in [0.717, 1.165) is 16.7 Å². The van der Waals surface area contributed by atoms with Crippen molar-refractivity contribution >= 4 is 11.5 Å². The topological polar surface area (TPSA) is 20.3 Å². The number of hydrogen-bond donors (Lipinski definition) is 0. The fourth-order valence-electron chi connectivity index (χ4n) is 1.84. The van der Waals surface area contributed by atoms with Gasteiger partial charge in [0.05, 0.1) is 0 Å². The van der Waals surface area contributed by atoms with E-state index in [1.165, 1.54) is 5.57 Å². The third-order valence-electron chi connectivity index (χ3n) is 3.11. The molecule has 20 heavy (non-hydrogen) atoms. The number of nitrogens with zero attached hydrogens (tertiary/aromatic N) is 1. The molecule has 1 aromatic carbocycles. The van der Waals surface area contributed by atoms with Crippen LogP contribution in [0.1, 0.15) is 36.7 Å². The maximum Gasteiger partial charge on any atom is 0.253 e. The first-order valence-corrected chi connectivity index (χ1v) is 6.69. The molecule has 2 nitrogen and oxygen atoms in total. The van der Waals surface area contributed by atoms with Crippen molar-refractivity contribution in [1.82, 2.24) is 4.90 Å². The first kappa shape index (κ1) is 16.0. The average Bonchev–Trinajstić information content (AvgIpc) is 2.43. The van der Waals surface area contributed by atoms with E-state index in [-0.39, 0.29) is 5.91 Å². The van der Waals surface area contributed by atoms with Gasteiger partial charge >= 0.3 is 0 Å². The zero-order valence-electron chi connectivity index (χ0n) is 13.0. The van der Waals surface area contributed by atoms with E-state index in [4.69, 9.17) is 0 Å². The van der Waals surface area contributed by atoms with Crippen molar-refractivity contribution < 1.29 is 4.79 Å². The predicted octanol–water partition coefficient (Wildman–Crippen LogP) is 4.31. The molecule has 0 unspecified atom stereocenters. The third kappa shape index (κ3) is 3.95. The molecule has 0 fully saturated rings. The van der Waals surface area contributed by atoms with Crippen molar-refractivity contribution in [2.24, 2.45) is 0 Å². The molecule has 0 saturated heterocycles. The van der Waals surface area contributed by atoms with Gasteiger partial charge in [-0.25, -0.2) is 0 Å². The molecule has 0 aliphatic heterocycles.